The van der Waals surface area contributed by atoms with Crippen LogP contribution in [0.25, 0.3) is 6.08 Å². The highest BCUT2D eigenvalue weighted by Gasteiger charge is 2.15. The molecule has 2 aromatic rings. The first-order chi connectivity index (χ1) is 9.87. The van der Waals surface area contributed by atoms with E-state index in [1.165, 1.54) is 18.6 Å². The summed E-state index contributed by atoms with van der Waals surface area (Å²) < 4.78 is 26.5. The molecule has 110 valence electrons. The topological polar surface area (TPSA) is 112 Å². The van der Waals surface area contributed by atoms with Gasteiger partial charge in [0.15, 0.2) is 5.03 Å². The molecule has 8 heteroatoms. The quantitative estimate of drug-likeness (QED) is 0.727. The zero-order chi connectivity index (χ0) is 15.5. The number of aryl methyl sites for hydroxylation is 1. The third kappa shape index (κ3) is 3.93. The minimum absolute atomic E-state index is 0.0494. The molecule has 0 radical (unpaired) electrons. The number of rotatable bonds is 5. The van der Waals surface area contributed by atoms with Crippen molar-refractivity contribution in [1.82, 2.24) is 9.97 Å². The number of aromatic amines is 1. The Morgan fingerprint density at radius 1 is 1.38 bits per heavy atom. The maximum atomic E-state index is 12.1. The van der Waals surface area contributed by atoms with Gasteiger partial charge in [-0.25, -0.2) is 9.78 Å². The van der Waals surface area contributed by atoms with Gasteiger partial charge in [-0.15, -0.1) is 0 Å². The van der Waals surface area contributed by atoms with Crippen molar-refractivity contribution in [2.45, 2.75) is 11.9 Å². The SMILES string of the molecule is Cc1cc(/C=C/C(=O)O)cc(NS(=O)(=O)c2cnc[nH]2)c1. The number of imidazole rings is 1. The summed E-state index contributed by atoms with van der Waals surface area (Å²) in [5, 5.41) is 8.57. The van der Waals surface area contributed by atoms with Gasteiger partial charge < -0.3 is 10.1 Å². The number of anilines is 1. The largest absolute Gasteiger partial charge is 0.478 e. The molecule has 3 N–H and O–H groups in total. The second kappa shape index (κ2) is 5.80. The van der Waals surface area contributed by atoms with E-state index in [9.17, 15) is 13.2 Å². The van der Waals surface area contributed by atoms with E-state index in [0.29, 0.717) is 11.3 Å². The van der Waals surface area contributed by atoms with Gasteiger partial charge in [-0.05, 0) is 36.3 Å². The Labute approximate surface area is 121 Å². The number of nitrogens with one attached hydrogen (secondary N) is 2. The van der Waals surface area contributed by atoms with E-state index in [2.05, 4.69) is 14.7 Å². The zero-order valence-corrected chi connectivity index (χ0v) is 11.9. The van der Waals surface area contributed by atoms with Gasteiger partial charge in [-0.1, -0.05) is 6.07 Å². The predicted octanol–water partition coefficient (Wildman–Crippen LogP) is 1.62. The Morgan fingerprint density at radius 3 is 2.76 bits per heavy atom. The van der Waals surface area contributed by atoms with Gasteiger partial charge in [-0.2, -0.15) is 8.42 Å². The normalized spacial score (nSPS) is 11.7. The number of H-pyrrole nitrogens is 1. The van der Waals surface area contributed by atoms with Crippen LogP contribution in [0.4, 0.5) is 5.69 Å². The number of hydrogen-bond acceptors (Lipinski definition) is 4. The third-order valence-electron chi connectivity index (χ3n) is 2.53. The monoisotopic (exact) mass is 307 g/mol. The second-order valence-electron chi connectivity index (χ2n) is 4.33. The molecule has 0 saturated heterocycles. The molecule has 0 unspecified atom stereocenters. The van der Waals surface area contributed by atoms with Crippen LogP contribution in [-0.2, 0) is 14.8 Å². The van der Waals surface area contributed by atoms with Crippen molar-refractivity contribution < 1.29 is 18.3 Å². The molecule has 1 aromatic heterocycles. The lowest BCUT2D eigenvalue weighted by atomic mass is 10.1. The first kappa shape index (κ1) is 14.8. The Bertz CT molecular complexity index is 780. The van der Waals surface area contributed by atoms with Crippen LogP contribution in [0.1, 0.15) is 11.1 Å². The van der Waals surface area contributed by atoms with Crippen LogP contribution in [0.15, 0.2) is 41.8 Å². The predicted molar refractivity (Wildman–Crippen MR) is 77.2 cm³/mol. The minimum Gasteiger partial charge on any atom is -0.478 e. The van der Waals surface area contributed by atoms with E-state index in [0.717, 1.165) is 11.6 Å². The fourth-order valence-corrected chi connectivity index (χ4v) is 2.68. The molecule has 0 amide bonds. The molecule has 0 aliphatic rings. The van der Waals surface area contributed by atoms with Crippen LogP contribution in [0.3, 0.4) is 0 Å². The summed E-state index contributed by atoms with van der Waals surface area (Å²) in [6.07, 6.45) is 4.85. The van der Waals surface area contributed by atoms with Crippen molar-refractivity contribution in [2.24, 2.45) is 0 Å². The molecule has 0 fully saturated rings. The van der Waals surface area contributed by atoms with Gasteiger partial charge in [0.1, 0.15) is 0 Å². The molecular formula is C13H13N3O4S. The van der Waals surface area contributed by atoms with Gasteiger partial charge in [-0.3, -0.25) is 4.72 Å². The van der Waals surface area contributed by atoms with E-state index >= 15 is 0 Å². The van der Waals surface area contributed by atoms with Gasteiger partial charge in [0.25, 0.3) is 10.0 Å². The van der Waals surface area contributed by atoms with Crippen LogP contribution < -0.4 is 4.72 Å². The van der Waals surface area contributed by atoms with Crippen molar-refractivity contribution in [2.75, 3.05) is 4.72 Å². The molecule has 0 bridgehead atoms. The van der Waals surface area contributed by atoms with Crippen molar-refractivity contribution in [1.29, 1.82) is 0 Å². The lowest BCUT2D eigenvalue weighted by Gasteiger charge is -2.08. The lowest BCUT2D eigenvalue weighted by Crippen LogP contribution is -2.13. The molecule has 0 atom stereocenters. The number of hydrogen-bond donors (Lipinski definition) is 3. The number of sulfonamides is 1. The molecule has 1 aromatic carbocycles. The molecule has 1 heterocycles. The molecule has 2 rings (SSSR count). The fourth-order valence-electron chi connectivity index (χ4n) is 1.74. The highest BCUT2D eigenvalue weighted by atomic mass is 32.2. The maximum Gasteiger partial charge on any atom is 0.328 e. The number of nitrogens with zero attached hydrogens (tertiary/aromatic N) is 1. The molecule has 0 aliphatic carbocycles. The average molecular weight is 307 g/mol. The number of aliphatic carboxylic acids is 1. The number of benzene rings is 1. The third-order valence-corrected chi connectivity index (χ3v) is 3.84. The fraction of sp³-hybridized carbons (Fsp3) is 0.0769. The highest BCUT2D eigenvalue weighted by molar-refractivity contribution is 7.92. The highest BCUT2D eigenvalue weighted by Crippen LogP contribution is 2.19. The number of aromatic nitrogens is 2. The van der Waals surface area contributed by atoms with Gasteiger partial charge >= 0.3 is 5.97 Å². The van der Waals surface area contributed by atoms with Crippen molar-refractivity contribution in [3.63, 3.8) is 0 Å². The zero-order valence-electron chi connectivity index (χ0n) is 11.1. The van der Waals surface area contributed by atoms with Crippen molar-refractivity contribution in [3.05, 3.63) is 47.9 Å². The van der Waals surface area contributed by atoms with Gasteiger partial charge in [0.05, 0.1) is 12.5 Å². The van der Waals surface area contributed by atoms with E-state index in [1.54, 1.807) is 25.1 Å². The van der Waals surface area contributed by atoms with Crippen LogP contribution >= 0.6 is 0 Å². The number of carboxylic acid groups (broad SMARTS) is 1. The molecule has 7 nitrogen and oxygen atoms in total. The van der Waals surface area contributed by atoms with Crippen LogP contribution in [0.5, 0.6) is 0 Å². The summed E-state index contributed by atoms with van der Waals surface area (Å²) in [7, 11) is -3.74. The Morgan fingerprint density at radius 2 is 2.14 bits per heavy atom. The summed E-state index contributed by atoms with van der Waals surface area (Å²) in [6, 6.07) is 4.93. The smallest absolute Gasteiger partial charge is 0.328 e. The van der Waals surface area contributed by atoms with E-state index in [4.69, 9.17) is 5.11 Å². The summed E-state index contributed by atoms with van der Waals surface area (Å²) in [5.74, 6) is -1.07. The Kier molecular flexibility index (Phi) is 4.08. The maximum absolute atomic E-state index is 12.1. The Hall–Kier alpha value is -2.61. The first-order valence-corrected chi connectivity index (χ1v) is 7.39. The standard InChI is InChI=1S/C13H13N3O4S/c1-9-4-10(2-3-13(17)18)6-11(5-9)16-21(19,20)12-7-14-8-15-12/h2-8,16H,1H3,(H,14,15)(H,17,18)/b3-2+. The van der Waals surface area contributed by atoms with Crippen LogP contribution in [0.2, 0.25) is 0 Å². The summed E-state index contributed by atoms with van der Waals surface area (Å²) in [5.41, 5.74) is 1.72. The van der Waals surface area contributed by atoms with Crippen LogP contribution in [-0.4, -0.2) is 29.5 Å². The van der Waals surface area contributed by atoms with Crippen molar-refractivity contribution in [3.8, 4) is 0 Å². The van der Waals surface area contributed by atoms with E-state index < -0.39 is 16.0 Å². The average Bonchev–Trinajstić information content (AvgIpc) is 2.89. The lowest BCUT2D eigenvalue weighted by molar-refractivity contribution is -0.131. The van der Waals surface area contributed by atoms with E-state index in [-0.39, 0.29) is 5.03 Å². The van der Waals surface area contributed by atoms with E-state index in [1.807, 2.05) is 0 Å². The van der Waals surface area contributed by atoms with Crippen LogP contribution in [0, 0.1) is 6.92 Å². The summed E-state index contributed by atoms with van der Waals surface area (Å²) in [4.78, 5) is 16.7. The molecule has 0 saturated carbocycles. The molecule has 21 heavy (non-hydrogen) atoms. The Balaban J connectivity index is 2.31. The first-order valence-electron chi connectivity index (χ1n) is 5.91. The molecular weight excluding hydrogens is 294 g/mol. The van der Waals surface area contributed by atoms with Crippen molar-refractivity contribution >= 4 is 27.8 Å². The second-order valence-corrected chi connectivity index (χ2v) is 5.98. The number of carboxylic acids is 1. The van der Waals surface area contributed by atoms with Gasteiger partial charge in [0, 0.05) is 11.8 Å². The minimum atomic E-state index is -3.74. The summed E-state index contributed by atoms with van der Waals surface area (Å²) in [6.45, 7) is 1.78. The molecule has 0 spiro atoms. The number of carbonyl (C=O) groups is 1. The summed E-state index contributed by atoms with van der Waals surface area (Å²) >= 11 is 0. The molecule has 0 aliphatic heterocycles. The van der Waals surface area contributed by atoms with Gasteiger partial charge in [0.2, 0.25) is 0 Å².